The number of halogens is 1. The second-order valence-electron chi connectivity index (χ2n) is 4.27. The van der Waals surface area contributed by atoms with Crippen LogP contribution >= 0.6 is 11.6 Å². The molecule has 1 fully saturated rings. The number of carbonyl (C=O) groups excluding carboxylic acids is 1. The number of carboxylic acids is 1. The van der Waals surface area contributed by atoms with Crippen molar-refractivity contribution in [1.82, 2.24) is 0 Å². The van der Waals surface area contributed by atoms with Crippen molar-refractivity contribution in [1.29, 1.82) is 0 Å². The number of aromatic carboxylic acids is 1. The summed E-state index contributed by atoms with van der Waals surface area (Å²) in [6.45, 7) is 1.05. The van der Waals surface area contributed by atoms with Crippen LogP contribution in [-0.2, 0) is 4.79 Å². The normalized spacial score (nSPS) is 18.9. The number of nitrogens with two attached hydrogens (primary N) is 1. The largest absolute Gasteiger partial charge is 0.478 e. The standard InChI is InChI=1S/C12H13ClN2O3/c13-8-2-1-3-9(10(8)12(17)18)15-5-4-7(6-15)11(14)16/h1-3,7H,4-6H2,(H2,14,16)(H,17,18). The molecule has 5 nitrogen and oxygen atoms in total. The molecule has 0 spiro atoms. The average molecular weight is 269 g/mol. The minimum atomic E-state index is -1.07. The third-order valence-corrected chi connectivity index (χ3v) is 3.45. The number of benzene rings is 1. The molecular formula is C12H13ClN2O3. The summed E-state index contributed by atoms with van der Waals surface area (Å²) in [5, 5.41) is 9.38. The van der Waals surface area contributed by atoms with E-state index in [-0.39, 0.29) is 22.4 Å². The molecule has 1 amide bonds. The van der Waals surface area contributed by atoms with Gasteiger partial charge in [-0.2, -0.15) is 0 Å². The summed E-state index contributed by atoms with van der Waals surface area (Å²) in [7, 11) is 0. The zero-order valence-electron chi connectivity index (χ0n) is 9.60. The van der Waals surface area contributed by atoms with E-state index in [0.717, 1.165) is 0 Å². The highest BCUT2D eigenvalue weighted by Gasteiger charge is 2.29. The summed E-state index contributed by atoms with van der Waals surface area (Å²) in [6, 6.07) is 4.93. The quantitative estimate of drug-likeness (QED) is 0.867. The van der Waals surface area contributed by atoms with Crippen molar-refractivity contribution in [3.63, 3.8) is 0 Å². The number of carbonyl (C=O) groups is 2. The molecule has 1 aromatic carbocycles. The Labute approximate surface area is 109 Å². The zero-order chi connectivity index (χ0) is 13.3. The first-order chi connectivity index (χ1) is 8.50. The van der Waals surface area contributed by atoms with Crippen molar-refractivity contribution in [2.24, 2.45) is 11.7 Å². The molecule has 1 unspecified atom stereocenters. The van der Waals surface area contributed by atoms with E-state index < -0.39 is 5.97 Å². The summed E-state index contributed by atoms with van der Waals surface area (Å²) in [4.78, 5) is 24.2. The molecule has 1 heterocycles. The van der Waals surface area contributed by atoms with Crippen LogP contribution in [-0.4, -0.2) is 30.1 Å². The predicted molar refractivity (Wildman–Crippen MR) is 67.9 cm³/mol. The molecule has 1 atom stereocenters. The van der Waals surface area contributed by atoms with Crippen LogP contribution in [0.5, 0.6) is 0 Å². The highest BCUT2D eigenvalue weighted by molar-refractivity contribution is 6.34. The fourth-order valence-electron chi connectivity index (χ4n) is 2.20. The molecule has 1 aliphatic rings. The van der Waals surface area contributed by atoms with Gasteiger partial charge in [-0.1, -0.05) is 17.7 Å². The van der Waals surface area contributed by atoms with E-state index in [2.05, 4.69) is 0 Å². The Morgan fingerprint density at radius 1 is 1.44 bits per heavy atom. The van der Waals surface area contributed by atoms with Crippen LogP contribution in [0.1, 0.15) is 16.8 Å². The Bertz CT molecular complexity index is 504. The minimum absolute atomic E-state index is 0.0734. The van der Waals surface area contributed by atoms with Gasteiger partial charge in [0.1, 0.15) is 5.56 Å². The van der Waals surface area contributed by atoms with E-state index in [0.29, 0.717) is 25.2 Å². The average Bonchev–Trinajstić information content (AvgIpc) is 2.77. The van der Waals surface area contributed by atoms with E-state index in [1.54, 1.807) is 12.1 Å². The monoisotopic (exact) mass is 268 g/mol. The molecule has 0 saturated carbocycles. The molecule has 1 aromatic rings. The van der Waals surface area contributed by atoms with Crippen LogP contribution in [0.3, 0.4) is 0 Å². The fourth-order valence-corrected chi connectivity index (χ4v) is 2.45. The van der Waals surface area contributed by atoms with Crippen LogP contribution < -0.4 is 10.6 Å². The number of hydrogen-bond acceptors (Lipinski definition) is 3. The first-order valence-electron chi connectivity index (χ1n) is 5.56. The van der Waals surface area contributed by atoms with Crippen molar-refractivity contribution in [2.75, 3.05) is 18.0 Å². The van der Waals surface area contributed by atoms with Gasteiger partial charge < -0.3 is 15.7 Å². The molecule has 0 bridgehead atoms. The zero-order valence-corrected chi connectivity index (χ0v) is 10.4. The maximum Gasteiger partial charge on any atom is 0.339 e. The Kier molecular flexibility index (Phi) is 3.43. The number of carboxylic acid groups (broad SMARTS) is 1. The first-order valence-corrected chi connectivity index (χ1v) is 5.94. The fraction of sp³-hybridized carbons (Fsp3) is 0.333. The first kappa shape index (κ1) is 12.7. The molecule has 3 N–H and O–H groups in total. The number of anilines is 1. The molecule has 6 heteroatoms. The topological polar surface area (TPSA) is 83.6 Å². The van der Waals surface area contributed by atoms with Gasteiger partial charge in [0.25, 0.3) is 0 Å². The smallest absolute Gasteiger partial charge is 0.339 e. The molecule has 0 aromatic heterocycles. The van der Waals surface area contributed by atoms with E-state index in [1.807, 2.05) is 4.90 Å². The van der Waals surface area contributed by atoms with Crippen molar-refractivity contribution in [3.05, 3.63) is 28.8 Å². The number of amides is 1. The van der Waals surface area contributed by atoms with Gasteiger partial charge in [0.15, 0.2) is 0 Å². The second-order valence-corrected chi connectivity index (χ2v) is 4.68. The Balaban J connectivity index is 2.32. The summed E-state index contributed by atoms with van der Waals surface area (Å²) < 4.78 is 0. The van der Waals surface area contributed by atoms with Gasteiger partial charge in [0.05, 0.1) is 16.6 Å². The third-order valence-electron chi connectivity index (χ3n) is 3.14. The predicted octanol–water partition coefficient (Wildman–Crippen LogP) is 1.35. The molecule has 1 saturated heterocycles. The van der Waals surface area contributed by atoms with Gasteiger partial charge >= 0.3 is 5.97 Å². The molecule has 96 valence electrons. The molecular weight excluding hydrogens is 256 g/mol. The molecule has 2 rings (SSSR count). The maximum atomic E-state index is 11.2. The van der Waals surface area contributed by atoms with Crippen molar-refractivity contribution in [2.45, 2.75) is 6.42 Å². The lowest BCUT2D eigenvalue weighted by Gasteiger charge is -2.20. The summed E-state index contributed by atoms with van der Waals surface area (Å²) in [5.74, 6) is -1.65. The molecule has 0 radical (unpaired) electrons. The lowest BCUT2D eigenvalue weighted by Crippen LogP contribution is -2.28. The second kappa shape index (κ2) is 4.86. The van der Waals surface area contributed by atoms with E-state index in [4.69, 9.17) is 17.3 Å². The van der Waals surface area contributed by atoms with Crippen LogP contribution in [0.15, 0.2) is 18.2 Å². The van der Waals surface area contributed by atoms with E-state index >= 15 is 0 Å². The van der Waals surface area contributed by atoms with E-state index in [9.17, 15) is 14.7 Å². The summed E-state index contributed by atoms with van der Waals surface area (Å²) in [5.41, 5.74) is 5.87. The lowest BCUT2D eigenvalue weighted by atomic mass is 10.1. The number of hydrogen-bond donors (Lipinski definition) is 2. The van der Waals surface area contributed by atoms with E-state index in [1.165, 1.54) is 6.07 Å². The Morgan fingerprint density at radius 2 is 2.17 bits per heavy atom. The molecule has 0 aliphatic carbocycles. The maximum absolute atomic E-state index is 11.2. The van der Waals surface area contributed by atoms with Gasteiger partial charge in [-0.15, -0.1) is 0 Å². The minimum Gasteiger partial charge on any atom is -0.478 e. The molecule has 1 aliphatic heterocycles. The number of rotatable bonds is 3. The third kappa shape index (κ3) is 2.26. The lowest BCUT2D eigenvalue weighted by molar-refractivity contribution is -0.121. The van der Waals surface area contributed by atoms with Crippen LogP contribution in [0.2, 0.25) is 5.02 Å². The van der Waals surface area contributed by atoms with Crippen LogP contribution in [0.25, 0.3) is 0 Å². The van der Waals surface area contributed by atoms with Crippen LogP contribution in [0.4, 0.5) is 5.69 Å². The number of nitrogens with zero attached hydrogens (tertiary/aromatic N) is 1. The molecule has 18 heavy (non-hydrogen) atoms. The van der Waals surface area contributed by atoms with Crippen molar-refractivity contribution < 1.29 is 14.7 Å². The van der Waals surface area contributed by atoms with Crippen molar-refractivity contribution >= 4 is 29.2 Å². The van der Waals surface area contributed by atoms with Gasteiger partial charge in [0.2, 0.25) is 5.91 Å². The van der Waals surface area contributed by atoms with Gasteiger partial charge in [-0.3, -0.25) is 4.79 Å². The van der Waals surface area contributed by atoms with Gasteiger partial charge in [0, 0.05) is 13.1 Å². The SMILES string of the molecule is NC(=O)C1CCN(c2cccc(Cl)c2C(=O)O)C1. The van der Waals surface area contributed by atoms with Gasteiger partial charge in [-0.25, -0.2) is 4.79 Å². The van der Waals surface area contributed by atoms with Crippen molar-refractivity contribution in [3.8, 4) is 0 Å². The highest BCUT2D eigenvalue weighted by Crippen LogP contribution is 2.31. The summed E-state index contributed by atoms with van der Waals surface area (Å²) >= 11 is 5.90. The highest BCUT2D eigenvalue weighted by atomic mass is 35.5. The van der Waals surface area contributed by atoms with Gasteiger partial charge in [-0.05, 0) is 18.6 Å². The summed E-state index contributed by atoms with van der Waals surface area (Å²) in [6.07, 6.45) is 0.640. The van der Waals surface area contributed by atoms with Crippen LogP contribution in [0, 0.1) is 5.92 Å². The number of primary amides is 1. The Morgan fingerprint density at radius 3 is 2.72 bits per heavy atom. The Hall–Kier alpha value is -1.75.